The van der Waals surface area contributed by atoms with Crippen LogP contribution < -0.4 is 5.73 Å². The number of hydrogen-bond acceptors (Lipinski definition) is 2. The Labute approximate surface area is 97.8 Å². The monoisotopic (exact) mass is 219 g/mol. The summed E-state index contributed by atoms with van der Waals surface area (Å²) < 4.78 is 5.98. The van der Waals surface area contributed by atoms with Gasteiger partial charge in [-0.2, -0.15) is 0 Å². The molecular formula is C14H21NO. The second-order valence-electron chi connectivity index (χ2n) is 4.85. The van der Waals surface area contributed by atoms with Crippen molar-refractivity contribution in [1.29, 1.82) is 0 Å². The molecule has 0 radical (unpaired) electrons. The minimum absolute atomic E-state index is 0.450. The lowest BCUT2D eigenvalue weighted by Crippen LogP contribution is -2.25. The van der Waals surface area contributed by atoms with Crippen LogP contribution in [0.1, 0.15) is 38.2 Å². The Kier molecular flexibility index (Phi) is 3.83. The van der Waals surface area contributed by atoms with Crippen LogP contribution in [0, 0.1) is 5.92 Å². The van der Waals surface area contributed by atoms with Crippen molar-refractivity contribution in [2.75, 3.05) is 5.73 Å². The standard InChI is InChI=1S/C14H21NO/c1-11-4-2-3-5-14(11)16-10-12-6-8-13(15)9-7-12/h6-9,11,14H,2-5,10,15H2,1H3. The van der Waals surface area contributed by atoms with Crippen molar-refractivity contribution in [3.8, 4) is 0 Å². The Morgan fingerprint density at radius 1 is 1.19 bits per heavy atom. The molecule has 0 amide bonds. The molecule has 0 bridgehead atoms. The van der Waals surface area contributed by atoms with Gasteiger partial charge in [-0.15, -0.1) is 0 Å². The molecule has 2 rings (SSSR count). The van der Waals surface area contributed by atoms with Crippen LogP contribution in [0.5, 0.6) is 0 Å². The minimum Gasteiger partial charge on any atom is -0.399 e. The molecule has 2 atom stereocenters. The predicted molar refractivity (Wildman–Crippen MR) is 67.1 cm³/mol. The van der Waals surface area contributed by atoms with Crippen molar-refractivity contribution in [3.63, 3.8) is 0 Å². The Hall–Kier alpha value is -1.02. The van der Waals surface area contributed by atoms with Gasteiger partial charge in [0.15, 0.2) is 0 Å². The molecule has 88 valence electrons. The molecule has 0 heterocycles. The van der Waals surface area contributed by atoms with E-state index in [1.54, 1.807) is 0 Å². The lowest BCUT2D eigenvalue weighted by Gasteiger charge is -2.28. The van der Waals surface area contributed by atoms with Crippen LogP contribution in [0.15, 0.2) is 24.3 Å². The third-order valence-corrected chi connectivity index (χ3v) is 3.48. The summed E-state index contributed by atoms with van der Waals surface area (Å²) in [6.07, 6.45) is 5.66. The van der Waals surface area contributed by atoms with E-state index in [0.29, 0.717) is 12.0 Å². The van der Waals surface area contributed by atoms with Crippen LogP contribution in [0.25, 0.3) is 0 Å². The zero-order chi connectivity index (χ0) is 11.4. The van der Waals surface area contributed by atoms with Crippen LogP contribution in [-0.4, -0.2) is 6.10 Å². The van der Waals surface area contributed by atoms with E-state index in [1.807, 2.05) is 24.3 Å². The molecule has 1 aliphatic carbocycles. The molecule has 1 aromatic rings. The molecule has 2 N–H and O–H groups in total. The van der Waals surface area contributed by atoms with E-state index in [0.717, 1.165) is 12.3 Å². The maximum Gasteiger partial charge on any atom is 0.0720 e. The number of ether oxygens (including phenoxy) is 1. The van der Waals surface area contributed by atoms with Gasteiger partial charge >= 0.3 is 0 Å². The van der Waals surface area contributed by atoms with Gasteiger partial charge in [0, 0.05) is 5.69 Å². The number of rotatable bonds is 3. The van der Waals surface area contributed by atoms with E-state index in [-0.39, 0.29) is 0 Å². The topological polar surface area (TPSA) is 35.2 Å². The molecule has 1 aliphatic rings. The summed E-state index contributed by atoms with van der Waals surface area (Å²) in [5.74, 6) is 0.711. The summed E-state index contributed by atoms with van der Waals surface area (Å²) in [5, 5.41) is 0. The molecule has 1 aromatic carbocycles. The van der Waals surface area contributed by atoms with Gasteiger partial charge in [-0.3, -0.25) is 0 Å². The summed E-state index contributed by atoms with van der Waals surface area (Å²) in [4.78, 5) is 0. The zero-order valence-corrected chi connectivity index (χ0v) is 9.99. The van der Waals surface area contributed by atoms with Gasteiger partial charge in [0.2, 0.25) is 0 Å². The third-order valence-electron chi connectivity index (χ3n) is 3.48. The highest BCUT2D eigenvalue weighted by atomic mass is 16.5. The smallest absolute Gasteiger partial charge is 0.0720 e. The fraction of sp³-hybridized carbons (Fsp3) is 0.571. The van der Waals surface area contributed by atoms with Crippen molar-refractivity contribution in [3.05, 3.63) is 29.8 Å². The van der Waals surface area contributed by atoms with Crippen molar-refractivity contribution in [1.82, 2.24) is 0 Å². The van der Waals surface area contributed by atoms with E-state index in [9.17, 15) is 0 Å². The van der Waals surface area contributed by atoms with Crippen molar-refractivity contribution in [2.24, 2.45) is 5.92 Å². The molecule has 0 spiro atoms. The molecular weight excluding hydrogens is 198 g/mol. The van der Waals surface area contributed by atoms with Crippen molar-refractivity contribution in [2.45, 2.75) is 45.3 Å². The van der Waals surface area contributed by atoms with Gasteiger partial charge in [0.25, 0.3) is 0 Å². The number of anilines is 1. The molecule has 16 heavy (non-hydrogen) atoms. The van der Waals surface area contributed by atoms with E-state index in [4.69, 9.17) is 10.5 Å². The van der Waals surface area contributed by atoms with Gasteiger partial charge in [-0.05, 0) is 36.5 Å². The van der Waals surface area contributed by atoms with Gasteiger partial charge < -0.3 is 10.5 Å². The lowest BCUT2D eigenvalue weighted by atomic mass is 9.88. The van der Waals surface area contributed by atoms with Crippen LogP contribution >= 0.6 is 0 Å². The SMILES string of the molecule is CC1CCCCC1OCc1ccc(N)cc1. The highest BCUT2D eigenvalue weighted by Crippen LogP contribution is 2.27. The van der Waals surface area contributed by atoms with Gasteiger partial charge in [0.1, 0.15) is 0 Å². The molecule has 1 saturated carbocycles. The Morgan fingerprint density at radius 2 is 1.88 bits per heavy atom. The first kappa shape index (κ1) is 11.5. The number of nitrogens with two attached hydrogens (primary N) is 1. The quantitative estimate of drug-likeness (QED) is 0.791. The highest BCUT2D eigenvalue weighted by molar-refractivity contribution is 5.39. The zero-order valence-electron chi connectivity index (χ0n) is 9.99. The number of hydrogen-bond donors (Lipinski definition) is 1. The summed E-state index contributed by atoms with van der Waals surface area (Å²) in [7, 11) is 0. The Morgan fingerprint density at radius 3 is 2.56 bits per heavy atom. The van der Waals surface area contributed by atoms with Crippen LogP contribution in [0.2, 0.25) is 0 Å². The average Bonchev–Trinajstić information content (AvgIpc) is 2.30. The summed E-state index contributed by atoms with van der Waals surface area (Å²) in [5.41, 5.74) is 7.68. The molecule has 0 saturated heterocycles. The minimum atomic E-state index is 0.450. The van der Waals surface area contributed by atoms with E-state index in [2.05, 4.69) is 6.92 Å². The number of benzene rings is 1. The first-order valence-corrected chi connectivity index (χ1v) is 6.22. The first-order chi connectivity index (χ1) is 7.75. The van der Waals surface area contributed by atoms with Crippen LogP contribution in [0.4, 0.5) is 5.69 Å². The second-order valence-corrected chi connectivity index (χ2v) is 4.85. The molecule has 2 nitrogen and oxygen atoms in total. The summed E-state index contributed by atoms with van der Waals surface area (Å²) in [6, 6.07) is 7.96. The van der Waals surface area contributed by atoms with Crippen LogP contribution in [-0.2, 0) is 11.3 Å². The molecule has 2 unspecified atom stereocenters. The van der Waals surface area contributed by atoms with E-state index < -0.39 is 0 Å². The lowest BCUT2D eigenvalue weighted by molar-refractivity contribution is -0.0154. The predicted octanol–water partition coefficient (Wildman–Crippen LogP) is 3.36. The van der Waals surface area contributed by atoms with E-state index in [1.165, 1.54) is 31.2 Å². The van der Waals surface area contributed by atoms with Gasteiger partial charge in [-0.1, -0.05) is 31.9 Å². The fourth-order valence-corrected chi connectivity index (χ4v) is 2.35. The molecule has 2 heteroatoms. The molecule has 1 fully saturated rings. The van der Waals surface area contributed by atoms with Crippen molar-refractivity contribution < 1.29 is 4.74 Å². The Balaban J connectivity index is 1.84. The Bertz CT molecular complexity index is 320. The summed E-state index contributed by atoms with van der Waals surface area (Å²) in [6.45, 7) is 3.02. The first-order valence-electron chi connectivity index (χ1n) is 6.22. The fourth-order valence-electron chi connectivity index (χ4n) is 2.35. The largest absolute Gasteiger partial charge is 0.399 e. The van der Waals surface area contributed by atoms with Crippen LogP contribution in [0.3, 0.4) is 0 Å². The van der Waals surface area contributed by atoms with Crippen molar-refractivity contribution >= 4 is 5.69 Å². The van der Waals surface area contributed by atoms with Gasteiger partial charge in [0.05, 0.1) is 12.7 Å². The maximum atomic E-state index is 5.98. The molecule has 0 aromatic heterocycles. The second kappa shape index (κ2) is 5.35. The number of nitrogen functional groups attached to an aromatic ring is 1. The molecule has 0 aliphatic heterocycles. The normalized spacial score (nSPS) is 25.6. The average molecular weight is 219 g/mol. The maximum absolute atomic E-state index is 5.98. The third kappa shape index (κ3) is 2.99. The van der Waals surface area contributed by atoms with Gasteiger partial charge in [-0.25, -0.2) is 0 Å². The van der Waals surface area contributed by atoms with E-state index >= 15 is 0 Å². The summed E-state index contributed by atoms with van der Waals surface area (Å²) >= 11 is 0. The highest BCUT2D eigenvalue weighted by Gasteiger charge is 2.21.